The lowest BCUT2D eigenvalue weighted by Crippen LogP contribution is -2.36. The van der Waals surface area contributed by atoms with E-state index < -0.39 is 0 Å². The first-order valence-electron chi connectivity index (χ1n) is 7.77. The summed E-state index contributed by atoms with van der Waals surface area (Å²) >= 11 is 0. The van der Waals surface area contributed by atoms with Crippen molar-refractivity contribution in [2.45, 2.75) is 58.9 Å². The number of rotatable bonds is 4. The zero-order valence-electron chi connectivity index (χ0n) is 13.8. The first kappa shape index (κ1) is 15.8. The van der Waals surface area contributed by atoms with Crippen molar-refractivity contribution in [1.82, 2.24) is 9.88 Å². The molecule has 0 atom stereocenters. The number of carbonyl (C=O) groups excluding carboxylic acids is 1. The Morgan fingerprint density at radius 3 is 2.48 bits per heavy atom. The lowest BCUT2D eigenvalue weighted by atomic mass is 9.90. The summed E-state index contributed by atoms with van der Waals surface area (Å²) in [4.78, 5) is 19.2. The van der Waals surface area contributed by atoms with Crippen LogP contribution in [0.3, 0.4) is 0 Å². The lowest BCUT2D eigenvalue weighted by molar-refractivity contribution is 0.0722. The van der Waals surface area contributed by atoms with Crippen LogP contribution >= 0.6 is 0 Å². The summed E-state index contributed by atoms with van der Waals surface area (Å²) < 4.78 is 0. The summed E-state index contributed by atoms with van der Waals surface area (Å²) in [5.74, 6) is 0.979. The Morgan fingerprint density at radius 1 is 1.38 bits per heavy atom. The van der Waals surface area contributed by atoms with E-state index in [1.807, 2.05) is 11.0 Å². The van der Waals surface area contributed by atoms with E-state index in [-0.39, 0.29) is 11.3 Å². The molecule has 1 heterocycles. The Balaban J connectivity index is 2.31. The topological polar surface area (TPSA) is 59.2 Å². The average Bonchev–Trinajstić information content (AvgIpc) is 3.17. The smallest absolute Gasteiger partial charge is 0.254 e. The highest BCUT2D eigenvalue weighted by Gasteiger charge is 2.33. The van der Waals surface area contributed by atoms with Crippen molar-refractivity contribution in [3.05, 3.63) is 23.4 Å². The molecule has 1 amide bonds. The van der Waals surface area contributed by atoms with Crippen LogP contribution in [0.1, 0.15) is 63.5 Å². The molecule has 1 aromatic heterocycles. The molecule has 0 saturated heterocycles. The largest absolute Gasteiger partial charge is 0.384 e. The van der Waals surface area contributed by atoms with Crippen molar-refractivity contribution in [2.75, 3.05) is 12.3 Å². The Kier molecular flexibility index (Phi) is 4.26. The summed E-state index contributed by atoms with van der Waals surface area (Å²) in [5, 5.41) is 0. The normalized spacial score (nSPS) is 15.3. The van der Waals surface area contributed by atoms with Gasteiger partial charge in [0.05, 0.1) is 0 Å². The molecule has 0 aliphatic heterocycles. The molecule has 0 radical (unpaired) electrons. The lowest BCUT2D eigenvalue weighted by Gasteiger charge is -2.26. The first-order chi connectivity index (χ1) is 9.68. The van der Waals surface area contributed by atoms with E-state index >= 15 is 0 Å². The molecule has 0 bridgehead atoms. The fourth-order valence-electron chi connectivity index (χ4n) is 2.40. The van der Waals surface area contributed by atoms with Crippen LogP contribution in [0, 0.1) is 5.92 Å². The predicted octanol–water partition coefficient (Wildman–Crippen LogP) is 3.22. The van der Waals surface area contributed by atoms with Crippen molar-refractivity contribution in [3.8, 4) is 0 Å². The summed E-state index contributed by atoms with van der Waals surface area (Å²) in [6.07, 6.45) is 2.23. The highest BCUT2D eigenvalue weighted by atomic mass is 16.2. The van der Waals surface area contributed by atoms with Gasteiger partial charge in [-0.25, -0.2) is 4.98 Å². The summed E-state index contributed by atoms with van der Waals surface area (Å²) in [6.45, 7) is 11.3. The number of nitrogens with two attached hydrogens (primary N) is 1. The molecule has 0 spiro atoms. The highest BCUT2D eigenvalue weighted by Crippen LogP contribution is 2.30. The maximum Gasteiger partial charge on any atom is 0.254 e. The maximum absolute atomic E-state index is 12.8. The van der Waals surface area contributed by atoms with Gasteiger partial charge in [0, 0.05) is 29.3 Å². The van der Waals surface area contributed by atoms with Crippen LogP contribution in [0.2, 0.25) is 0 Å². The Morgan fingerprint density at radius 2 is 2.00 bits per heavy atom. The molecule has 2 N–H and O–H groups in total. The fourth-order valence-corrected chi connectivity index (χ4v) is 2.40. The Bertz CT molecular complexity index is 527. The number of hydrogen-bond donors (Lipinski definition) is 1. The molecular weight excluding hydrogens is 262 g/mol. The van der Waals surface area contributed by atoms with E-state index in [1.54, 1.807) is 6.07 Å². The molecule has 0 unspecified atom stereocenters. The molecule has 1 aliphatic carbocycles. The number of nitrogens with zero attached hydrogens (tertiary/aromatic N) is 2. The number of anilines is 1. The number of hydrogen-bond acceptors (Lipinski definition) is 3. The zero-order valence-corrected chi connectivity index (χ0v) is 13.8. The SMILES string of the molecule is CC(C)CN(C(=O)c1cc(N)nc(C(C)(C)C)c1)C1CC1. The van der Waals surface area contributed by atoms with Gasteiger partial charge >= 0.3 is 0 Å². The Labute approximate surface area is 127 Å². The summed E-state index contributed by atoms with van der Waals surface area (Å²) in [5.41, 5.74) is 7.32. The molecule has 1 aliphatic rings. The molecule has 1 saturated carbocycles. The van der Waals surface area contributed by atoms with Crippen LogP contribution in [0.25, 0.3) is 0 Å². The van der Waals surface area contributed by atoms with Crippen molar-refractivity contribution >= 4 is 11.7 Å². The third-order valence-electron chi connectivity index (χ3n) is 3.67. The van der Waals surface area contributed by atoms with Crippen LogP contribution in [0.5, 0.6) is 0 Å². The van der Waals surface area contributed by atoms with Gasteiger partial charge in [0.15, 0.2) is 0 Å². The second-order valence-electron chi connectivity index (χ2n) is 7.50. The van der Waals surface area contributed by atoms with Gasteiger partial charge in [-0.2, -0.15) is 0 Å². The minimum Gasteiger partial charge on any atom is -0.384 e. The van der Waals surface area contributed by atoms with Crippen LogP contribution in [-0.2, 0) is 5.41 Å². The third kappa shape index (κ3) is 3.96. The first-order valence-corrected chi connectivity index (χ1v) is 7.77. The van der Waals surface area contributed by atoms with Crippen molar-refractivity contribution in [3.63, 3.8) is 0 Å². The number of nitrogen functional groups attached to an aromatic ring is 1. The molecule has 1 fully saturated rings. The number of carbonyl (C=O) groups is 1. The minimum absolute atomic E-state index is 0.0887. The van der Waals surface area contributed by atoms with Gasteiger partial charge in [0.25, 0.3) is 5.91 Å². The van der Waals surface area contributed by atoms with E-state index in [1.165, 1.54) is 0 Å². The molecule has 4 heteroatoms. The quantitative estimate of drug-likeness (QED) is 0.925. The number of amides is 1. The van der Waals surface area contributed by atoms with E-state index in [2.05, 4.69) is 39.6 Å². The van der Waals surface area contributed by atoms with Gasteiger partial charge in [0.1, 0.15) is 5.82 Å². The minimum atomic E-state index is -0.118. The standard InChI is InChI=1S/C17H27N3O/c1-11(2)10-20(13-6-7-13)16(21)12-8-14(17(3,4)5)19-15(18)9-12/h8-9,11,13H,6-7,10H2,1-5H3,(H2,18,19). The van der Waals surface area contributed by atoms with Gasteiger partial charge in [0.2, 0.25) is 0 Å². The van der Waals surface area contributed by atoms with Gasteiger partial charge in [-0.1, -0.05) is 34.6 Å². The van der Waals surface area contributed by atoms with Crippen LogP contribution in [0.15, 0.2) is 12.1 Å². The molecule has 116 valence electrons. The van der Waals surface area contributed by atoms with Crippen LogP contribution in [-0.4, -0.2) is 28.4 Å². The average molecular weight is 289 g/mol. The van der Waals surface area contributed by atoms with Gasteiger partial charge < -0.3 is 10.6 Å². The number of pyridine rings is 1. The van der Waals surface area contributed by atoms with E-state index in [9.17, 15) is 4.79 Å². The van der Waals surface area contributed by atoms with Crippen LogP contribution < -0.4 is 5.73 Å². The zero-order chi connectivity index (χ0) is 15.8. The van der Waals surface area contributed by atoms with E-state index in [0.717, 1.165) is 25.1 Å². The fraction of sp³-hybridized carbons (Fsp3) is 0.647. The highest BCUT2D eigenvalue weighted by molar-refractivity contribution is 5.95. The van der Waals surface area contributed by atoms with E-state index in [0.29, 0.717) is 23.3 Å². The van der Waals surface area contributed by atoms with Crippen molar-refractivity contribution in [1.29, 1.82) is 0 Å². The monoisotopic (exact) mass is 289 g/mol. The second kappa shape index (κ2) is 5.66. The molecule has 21 heavy (non-hydrogen) atoms. The molecule has 4 nitrogen and oxygen atoms in total. The van der Waals surface area contributed by atoms with Crippen molar-refractivity contribution in [2.24, 2.45) is 5.92 Å². The second-order valence-corrected chi connectivity index (χ2v) is 7.50. The summed E-state index contributed by atoms with van der Waals surface area (Å²) in [7, 11) is 0. The molecule has 2 rings (SSSR count). The predicted molar refractivity (Wildman–Crippen MR) is 86.2 cm³/mol. The Hall–Kier alpha value is -1.58. The number of aromatic nitrogens is 1. The molecule has 0 aromatic carbocycles. The summed E-state index contributed by atoms with van der Waals surface area (Å²) in [6, 6.07) is 4.01. The van der Waals surface area contributed by atoms with Crippen LogP contribution in [0.4, 0.5) is 5.82 Å². The molecular formula is C17H27N3O. The van der Waals surface area contributed by atoms with Crippen molar-refractivity contribution < 1.29 is 4.79 Å². The van der Waals surface area contributed by atoms with Gasteiger partial charge in [-0.05, 0) is 30.9 Å². The van der Waals surface area contributed by atoms with Gasteiger partial charge in [-0.15, -0.1) is 0 Å². The third-order valence-corrected chi connectivity index (χ3v) is 3.67. The maximum atomic E-state index is 12.8. The van der Waals surface area contributed by atoms with Gasteiger partial charge in [-0.3, -0.25) is 4.79 Å². The molecule has 1 aromatic rings. The van der Waals surface area contributed by atoms with E-state index in [4.69, 9.17) is 5.73 Å².